The van der Waals surface area contributed by atoms with Crippen LogP contribution >= 0.6 is 0 Å². The summed E-state index contributed by atoms with van der Waals surface area (Å²) in [5.41, 5.74) is 0. The van der Waals surface area contributed by atoms with Crippen molar-refractivity contribution >= 4 is 5.96 Å². The zero-order chi connectivity index (χ0) is 19.9. The van der Waals surface area contributed by atoms with Crippen LogP contribution in [-0.2, 0) is 4.74 Å². The number of hydrogen-bond acceptors (Lipinski definition) is 5. The third-order valence-electron chi connectivity index (χ3n) is 6.56. The van der Waals surface area contributed by atoms with Gasteiger partial charge in [-0.25, -0.2) is 0 Å². The molecular formula is C21H42N6O. The van der Waals surface area contributed by atoms with Gasteiger partial charge in [-0.3, -0.25) is 14.8 Å². The predicted molar refractivity (Wildman–Crippen MR) is 116 cm³/mol. The Hall–Kier alpha value is -0.890. The van der Waals surface area contributed by atoms with Crippen LogP contribution in [0.4, 0.5) is 0 Å². The Bertz CT molecular complexity index is 485. The minimum absolute atomic E-state index is 0.528. The number of rotatable bonds is 6. The molecule has 3 aliphatic rings. The molecule has 0 spiro atoms. The Balaban J connectivity index is 1.59. The topological polar surface area (TPSA) is 46.6 Å². The first-order valence-corrected chi connectivity index (χ1v) is 11.4. The van der Waals surface area contributed by atoms with Gasteiger partial charge >= 0.3 is 0 Å². The summed E-state index contributed by atoms with van der Waals surface area (Å²) in [6.45, 7) is 19.4. The molecule has 28 heavy (non-hydrogen) atoms. The van der Waals surface area contributed by atoms with Gasteiger partial charge in [-0.05, 0) is 26.3 Å². The molecule has 0 aliphatic carbocycles. The third kappa shape index (κ3) is 5.81. The van der Waals surface area contributed by atoms with Gasteiger partial charge in [0.2, 0.25) is 0 Å². The summed E-state index contributed by atoms with van der Waals surface area (Å²) < 4.78 is 5.52. The molecule has 3 aliphatic heterocycles. The average molecular weight is 395 g/mol. The fourth-order valence-electron chi connectivity index (χ4n) is 4.68. The quantitative estimate of drug-likeness (QED) is 0.527. The van der Waals surface area contributed by atoms with Crippen molar-refractivity contribution in [2.45, 2.75) is 39.3 Å². The molecule has 0 amide bonds. The molecule has 0 saturated carbocycles. The Labute approximate surface area is 172 Å². The fraction of sp³-hybridized carbons (Fsp3) is 0.952. The lowest BCUT2D eigenvalue weighted by atomic mass is 10.0. The molecule has 1 N–H and O–H groups in total. The molecule has 0 aromatic heterocycles. The third-order valence-corrected chi connectivity index (χ3v) is 6.56. The van der Waals surface area contributed by atoms with Crippen LogP contribution in [0.1, 0.15) is 27.2 Å². The molecule has 3 fully saturated rings. The van der Waals surface area contributed by atoms with E-state index in [0.717, 1.165) is 71.5 Å². The number of likely N-dealkylation sites (N-methyl/N-ethyl adjacent to an activating group) is 1. The lowest BCUT2D eigenvalue weighted by molar-refractivity contribution is 0.0194. The molecule has 7 heteroatoms. The fourth-order valence-corrected chi connectivity index (χ4v) is 4.68. The molecule has 2 atom stereocenters. The van der Waals surface area contributed by atoms with Crippen LogP contribution in [0.25, 0.3) is 0 Å². The SMILES string of the molecule is CCNC(=NCC(C(C)C)N1CCN(C)CC1)N1CCC(N2CCOCC2)C1. The van der Waals surface area contributed by atoms with Crippen LogP contribution in [0.15, 0.2) is 4.99 Å². The summed E-state index contributed by atoms with van der Waals surface area (Å²) >= 11 is 0. The van der Waals surface area contributed by atoms with Gasteiger partial charge in [-0.1, -0.05) is 13.8 Å². The van der Waals surface area contributed by atoms with Crippen molar-refractivity contribution in [3.63, 3.8) is 0 Å². The average Bonchev–Trinajstić information content (AvgIpc) is 3.19. The van der Waals surface area contributed by atoms with E-state index in [1.54, 1.807) is 0 Å². The Kier molecular flexibility index (Phi) is 8.38. The highest BCUT2D eigenvalue weighted by atomic mass is 16.5. The zero-order valence-corrected chi connectivity index (χ0v) is 18.6. The van der Waals surface area contributed by atoms with E-state index in [1.165, 1.54) is 19.5 Å². The molecular weight excluding hydrogens is 352 g/mol. The molecule has 7 nitrogen and oxygen atoms in total. The van der Waals surface area contributed by atoms with Gasteiger partial charge in [0.1, 0.15) is 0 Å². The second-order valence-corrected chi connectivity index (χ2v) is 8.88. The minimum Gasteiger partial charge on any atom is -0.379 e. The van der Waals surface area contributed by atoms with Crippen LogP contribution in [0.5, 0.6) is 0 Å². The molecule has 0 bridgehead atoms. The summed E-state index contributed by atoms with van der Waals surface area (Å²) in [4.78, 5) is 15.3. The summed E-state index contributed by atoms with van der Waals surface area (Å²) in [6.07, 6.45) is 1.23. The van der Waals surface area contributed by atoms with Crippen LogP contribution in [-0.4, -0.2) is 123 Å². The van der Waals surface area contributed by atoms with Gasteiger partial charge in [0.05, 0.1) is 19.8 Å². The number of nitrogens with zero attached hydrogens (tertiary/aromatic N) is 5. The van der Waals surface area contributed by atoms with Crippen LogP contribution in [0, 0.1) is 5.92 Å². The second kappa shape index (κ2) is 10.8. The van der Waals surface area contributed by atoms with Gasteiger partial charge < -0.3 is 19.9 Å². The first-order chi connectivity index (χ1) is 13.6. The molecule has 0 radical (unpaired) electrons. The van der Waals surface area contributed by atoms with Crippen LogP contribution < -0.4 is 5.32 Å². The number of likely N-dealkylation sites (tertiary alicyclic amines) is 1. The normalized spacial score (nSPS) is 27.5. The monoisotopic (exact) mass is 394 g/mol. The van der Waals surface area contributed by atoms with Gasteiger partial charge in [0.25, 0.3) is 0 Å². The molecule has 3 rings (SSSR count). The maximum Gasteiger partial charge on any atom is 0.194 e. The van der Waals surface area contributed by atoms with Crippen molar-refractivity contribution in [3.8, 4) is 0 Å². The lowest BCUT2D eigenvalue weighted by Crippen LogP contribution is -2.52. The van der Waals surface area contributed by atoms with E-state index >= 15 is 0 Å². The summed E-state index contributed by atoms with van der Waals surface area (Å²) in [5.74, 6) is 1.73. The lowest BCUT2D eigenvalue weighted by Gasteiger charge is -2.39. The number of nitrogens with one attached hydrogen (secondary N) is 1. The highest BCUT2D eigenvalue weighted by Gasteiger charge is 2.31. The van der Waals surface area contributed by atoms with Crippen LogP contribution in [0.2, 0.25) is 0 Å². The zero-order valence-electron chi connectivity index (χ0n) is 18.6. The van der Waals surface area contributed by atoms with E-state index in [0.29, 0.717) is 18.0 Å². The van der Waals surface area contributed by atoms with Crippen molar-refractivity contribution in [3.05, 3.63) is 0 Å². The van der Waals surface area contributed by atoms with Crippen LogP contribution in [0.3, 0.4) is 0 Å². The minimum atomic E-state index is 0.528. The highest BCUT2D eigenvalue weighted by molar-refractivity contribution is 5.80. The van der Waals surface area contributed by atoms with Crippen molar-refractivity contribution in [2.75, 3.05) is 85.7 Å². The largest absolute Gasteiger partial charge is 0.379 e. The molecule has 3 saturated heterocycles. The Morgan fingerprint density at radius 2 is 1.79 bits per heavy atom. The van der Waals surface area contributed by atoms with E-state index in [4.69, 9.17) is 9.73 Å². The van der Waals surface area contributed by atoms with E-state index in [1.807, 2.05) is 0 Å². The number of guanidine groups is 1. The van der Waals surface area contributed by atoms with Crippen molar-refractivity contribution in [2.24, 2.45) is 10.9 Å². The number of ether oxygens (including phenoxy) is 1. The smallest absolute Gasteiger partial charge is 0.194 e. The molecule has 3 heterocycles. The summed E-state index contributed by atoms with van der Waals surface area (Å²) in [5, 5.41) is 3.56. The van der Waals surface area contributed by atoms with E-state index in [9.17, 15) is 0 Å². The Morgan fingerprint density at radius 3 is 2.43 bits per heavy atom. The number of aliphatic imine (C=N–C) groups is 1. The molecule has 2 unspecified atom stereocenters. The summed E-state index contributed by atoms with van der Waals surface area (Å²) in [6, 6.07) is 1.17. The first kappa shape index (κ1) is 21.8. The standard InChI is InChI=1S/C21H42N6O/c1-5-22-21(27-7-6-19(17-27)25-12-14-28-15-13-25)23-16-20(18(2)3)26-10-8-24(4)9-11-26/h18-20H,5-17H2,1-4H3,(H,22,23). The van der Waals surface area contributed by atoms with Gasteiger partial charge in [-0.2, -0.15) is 0 Å². The van der Waals surface area contributed by atoms with Gasteiger partial charge in [-0.15, -0.1) is 0 Å². The Morgan fingerprint density at radius 1 is 1.07 bits per heavy atom. The first-order valence-electron chi connectivity index (χ1n) is 11.4. The van der Waals surface area contributed by atoms with Gasteiger partial charge in [0.15, 0.2) is 5.96 Å². The predicted octanol–water partition coefficient (Wildman–Crippen LogP) is 0.630. The maximum absolute atomic E-state index is 5.52. The highest BCUT2D eigenvalue weighted by Crippen LogP contribution is 2.18. The number of hydrogen-bond donors (Lipinski definition) is 1. The maximum atomic E-state index is 5.52. The van der Waals surface area contributed by atoms with Crippen molar-refractivity contribution in [1.82, 2.24) is 24.9 Å². The molecule has 0 aromatic rings. The second-order valence-electron chi connectivity index (χ2n) is 8.88. The number of morpholine rings is 1. The van der Waals surface area contributed by atoms with E-state index in [-0.39, 0.29) is 0 Å². The van der Waals surface area contributed by atoms with Gasteiger partial charge in [0, 0.05) is 71.0 Å². The molecule has 0 aromatic carbocycles. The van der Waals surface area contributed by atoms with E-state index in [2.05, 4.69) is 52.7 Å². The molecule has 162 valence electrons. The number of piperazine rings is 1. The summed E-state index contributed by atoms with van der Waals surface area (Å²) in [7, 11) is 2.22. The van der Waals surface area contributed by atoms with E-state index < -0.39 is 0 Å². The van der Waals surface area contributed by atoms with Crippen molar-refractivity contribution in [1.29, 1.82) is 0 Å². The van der Waals surface area contributed by atoms with Crippen molar-refractivity contribution < 1.29 is 4.74 Å².